The Morgan fingerprint density at radius 1 is 1.16 bits per heavy atom. The number of para-hydroxylation sites is 1. The quantitative estimate of drug-likeness (QED) is 0.469. The van der Waals surface area contributed by atoms with Gasteiger partial charge in [0.25, 0.3) is 11.6 Å². The summed E-state index contributed by atoms with van der Waals surface area (Å²) in [4.78, 5) is 35.6. The van der Waals surface area contributed by atoms with E-state index >= 15 is 0 Å². The third kappa shape index (κ3) is 4.80. The number of anilines is 1. The first-order valence-corrected chi connectivity index (χ1v) is 8.64. The lowest BCUT2D eigenvalue weighted by atomic mass is 10.1. The number of carbonyl (C=O) groups is 2. The number of benzene rings is 2. The molecule has 0 bridgehead atoms. The Morgan fingerprint density at radius 3 is 2.56 bits per heavy atom. The fourth-order valence-electron chi connectivity index (χ4n) is 2.10. The second kappa shape index (κ2) is 8.29. The van der Waals surface area contributed by atoms with Crippen LogP contribution in [0.25, 0.3) is 0 Å². The Balaban J connectivity index is 2.04. The van der Waals surface area contributed by atoms with E-state index in [9.17, 15) is 19.7 Å². The average Bonchev–Trinajstić information content (AvgIpc) is 2.62. The Bertz CT molecular complexity index is 810. The molecule has 2 rings (SSSR count). The van der Waals surface area contributed by atoms with Crippen molar-refractivity contribution in [2.24, 2.45) is 0 Å². The van der Waals surface area contributed by atoms with Crippen molar-refractivity contribution < 1.29 is 14.5 Å². The molecule has 0 aliphatic rings. The fourth-order valence-corrected chi connectivity index (χ4v) is 2.65. The van der Waals surface area contributed by atoms with Crippen LogP contribution in [-0.2, 0) is 4.79 Å². The van der Waals surface area contributed by atoms with E-state index in [1.807, 2.05) is 24.5 Å². The molecule has 8 heteroatoms. The highest BCUT2D eigenvalue weighted by molar-refractivity contribution is 7.98. The van der Waals surface area contributed by atoms with Gasteiger partial charge in [0.1, 0.15) is 6.04 Å². The summed E-state index contributed by atoms with van der Waals surface area (Å²) in [5, 5.41) is 16.1. The summed E-state index contributed by atoms with van der Waals surface area (Å²) < 4.78 is 0. The molecule has 0 aliphatic heterocycles. The molecule has 1 atom stereocenters. The van der Waals surface area contributed by atoms with Crippen LogP contribution >= 0.6 is 11.8 Å². The Labute approximate surface area is 149 Å². The van der Waals surface area contributed by atoms with Gasteiger partial charge in [-0.2, -0.15) is 0 Å². The van der Waals surface area contributed by atoms with Gasteiger partial charge in [0.05, 0.1) is 10.6 Å². The third-order valence-electron chi connectivity index (χ3n) is 3.42. The first-order chi connectivity index (χ1) is 11.9. The SMILES string of the molecule is CSc1ccccc1NC(=O)C(C)NC(=O)c1cccc([N+](=O)[O-])c1. The first kappa shape index (κ1) is 18.5. The highest BCUT2D eigenvalue weighted by Gasteiger charge is 2.19. The summed E-state index contributed by atoms with van der Waals surface area (Å²) in [6.45, 7) is 1.55. The number of nitrogens with zero attached hydrogens (tertiary/aromatic N) is 1. The number of amides is 2. The van der Waals surface area contributed by atoms with Crippen molar-refractivity contribution in [3.8, 4) is 0 Å². The lowest BCUT2D eigenvalue weighted by Crippen LogP contribution is -2.41. The van der Waals surface area contributed by atoms with Crippen molar-refractivity contribution in [2.45, 2.75) is 17.9 Å². The lowest BCUT2D eigenvalue weighted by Gasteiger charge is -2.15. The van der Waals surface area contributed by atoms with E-state index in [0.29, 0.717) is 5.69 Å². The largest absolute Gasteiger partial charge is 0.341 e. The fraction of sp³-hybridized carbons (Fsp3) is 0.176. The normalized spacial score (nSPS) is 11.4. The summed E-state index contributed by atoms with van der Waals surface area (Å²) in [5.74, 6) is -0.926. The van der Waals surface area contributed by atoms with Crippen LogP contribution < -0.4 is 10.6 Å². The van der Waals surface area contributed by atoms with Gasteiger partial charge in [-0.1, -0.05) is 18.2 Å². The first-order valence-electron chi connectivity index (χ1n) is 7.41. The summed E-state index contributed by atoms with van der Waals surface area (Å²) in [7, 11) is 0. The molecule has 0 saturated heterocycles. The van der Waals surface area contributed by atoms with Gasteiger partial charge in [0.2, 0.25) is 5.91 Å². The van der Waals surface area contributed by atoms with Gasteiger partial charge in [-0.05, 0) is 31.4 Å². The molecule has 2 aromatic carbocycles. The Hall–Kier alpha value is -2.87. The molecule has 7 nitrogen and oxygen atoms in total. The maximum atomic E-state index is 12.3. The van der Waals surface area contributed by atoms with Crippen LogP contribution in [0.2, 0.25) is 0 Å². The number of thioether (sulfide) groups is 1. The highest BCUT2D eigenvalue weighted by Crippen LogP contribution is 2.24. The molecule has 2 aromatic rings. The molecule has 0 saturated carbocycles. The van der Waals surface area contributed by atoms with Gasteiger partial charge < -0.3 is 10.6 Å². The predicted octanol–water partition coefficient (Wildman–Crippen LogP) is 3.07. The van der Waals surface area contributed by atoms with Crippen LogP contribution in [0.3, 0.4) is 0 Å². The van der Waals surface area contributed by atoms with E-state index in [2.05, 4.69) is 10.6 Å². The lowest BCUT2D eigenvalue weighted by molar-refractivity contribution is -0.384. The summed E-state index contributed by atoms with van der Waals surface area (Å²) in [6, 6.07) is 11.9. The molecular formula is C17H17N3O4S. The van der Waals surface area contributed by atoms with Gasteiger partial charge in [-0.3, -0.25) is 19.7 Å². The number of nitro benzene ring substituents is 1. The summed E-state index contributed by atoms with van der Waals surface area (Å²) in [6.07, 6.45) is 1.90. The zero-order valence-electron chi connectivity index (χ0n) is 13.7. The van der Waals surface area contributed by atoms with Crippen molar-refractivity contribution >= 4 is 35.0 Å². The standard InChI is InChI=1S/C17H17N3O4S/c1-11(16(21)19-14-8-3-4-9-15(14)25-2)18-17(22)12-6-5-7-13(10-12)20(23)24/h3-11H,1-2H3,(H,18,22)(H,19,21). The average molecular weight is 359 g/mol. The molecule has 0 heterocycles. The molecule has 1 unspecified atom stereocenters. The number of rotatable bonds is 6. The minimum absolute atomic E-state index is 0.123. The second-order valence-corrected chi connectivity index (χ2v) is 6.04. The highest BCUT2D eigenvalue weighted by atomic mass is 32.2. The van der Waals surface area contributed by atoms with Gasteiger partial charge in [0, 0.05) is 22.6 Å². The Kier molecular flexibility index (Phi) is 6.13. The molecule has 0 aromatic heterocycles. The van der Waals surface area contributed by atoms with Crippen molar-refractivity contribution in [1.82, 2.24) is 5.32 Å². The van der Waals surface area contributed by atoms with Crippen molar-refractivity contribution in [3.05, 3.63) is 64.2 Å². The molecule has 2 amide bonds. The topological polar surface area (TPSA) is 101 Å². The van der Waals surface area contributed by atoms with Crippen LogP contribution in [0.5, 0.6) is 0 Å². The number of hydrogen-bond acceptors (Lipinski definition) is 5. The molecular weight excluding hydrogens is 342 g/mol. The van der Waals surface area contributed by atoms with Crippen molar-refractivity contribution in [2.75, 3.05) is 11.6 Å². The van der Waals surface area contributed by atoms with Crippen LogP contribution in [0.1, 0.15) is 17.3 Å². The van der Waals surface area contributed by atoms with Gasteiger partial charge >= 0.3 is 0 Å². The van der Waals surface area contributed by atoms with Crippen molar-refractivity contribution in [1.29, 1.82) is 0 Å². The van der Waals surface area contributed by atoms with Crippen LogP contribution in [0.15, 0.2) is 53.4 Å². The van der Waals surface area contributed by atoms with E-state index in [1.54, 1.807) is 13.0 Å². The van der Waals surface area contributed by atoms with Crippen molar-refractivity contribution in [3.63, 3.8) is 0 Å². The maximum Gasteiger partial charge on any atom is 0.270 e. The smallest absolute Gasteiger partial charge is 0.270 e. The molecule has 0 radical (unpaired) electrons. The number of carbonyl (C=O) groups excluding carboxylic acids is 2. The predicted molar refractivity (Wildman–Crippen MR) is 96.9 cm³/mol. The van der Waals surface area contributed by atoms with E-state index in [-0.39, 0.29) is 17.2 Å². The maximum absolute atomic E-state index is 12.3. The number of nitrogens with one attached hydrogen (secondary N) is 2. The summed E-state index contributed by atoms with van der Waals surface area (Å²) >= 11 is 1.50. The molecule has 2 N–H and O–H groups in total. The van der Waals surface area contributed by atoms with Gasteiger partial charge in [-0.25, -0.2) is 0 Å². The zero-order chi connectivity index (χ0) is 18.4. The van der Waals surface area contributed by atoms with Crippen LogP contribution in [-0.4, -0.2) is 29.0 Å². The van der Waals surface area contributed by atoms with E-state index in [4.69, 9.17) is 0 Å². The van der Waals surface area contributed by atoms with E-state index < -0.39 is 16.9 Å². The monoisotopic (exact) mass is 359 g/mol. The molecule has 0 aliphatic carbocycles. The minimum Gasteiger partial charge on any atom is -0.341 e. The van der Waals surface area contributed by atoms with E-state index in [0.717, 1.165) is 4.90 Å². The Morgan fingerprint density at radius 2 is 1.88 bits per heavy atom. The van der Waals surface area contributed by atoms with Crippen LogP contribution in [0, 0.1) is 10.1 Å². The number of non-ortho nitro benzene ring substituents is 1. The molecule has 0 spiro atoms. The summed E-state index contributed by atoms with van der Waals surface area (Å²) in [5.41, 5.74) is 0.605. The number of nitro groups is 1. The third-order valence-corrected chi connectivity index (χ3v) is 4.22. The molecule has 130 valence electrons. The number of hydrogen-bond donors (Lipinski definition) is 2. The van der Waals surface area contributed by atoms with Crippen LogP contribution in [0.4, 0.5) is 11.4 Å². The second-order valence-electron chi connectivity index (χ2n) is 5.19. The minimum atomic E-state index is -0.804. The molecule has 0 fully saturated rings. The van der Waals surface area contributed by atoms with E-state index in [1.165, 1.54) is 36.0 Å². The zero-order valence-corrected chi connectivity index (χ0v) is 14.5. The molecule has 25 heavy (non-hydrogen) atoms. The van der Waals surface area contributed by atoms with Gasteiger partial charge in [0.15, 0.2) is 0 Å². The van der Waals surface area contributed by atoms with Gasteiger partial charge in [-0.15, -0.1) is 11.8 Å².